The van der Waals surface area contributed by atoms with Crippen LogP contribution in [0.5, 0.6) is 0 Å². The number of aliphatic carboxylic acids is 1. The average Bonchev–Trinajstić information content (AvgIpc) is 2.28. The molecule has 1 saturated carbocycles. The van der Waals surface area contributed by atoms with E-state index in [9.17, 15) is 9.59 Å². The minimum absolute atomic E-state index is 0.0931. The lowest BCUT2D eigenvalue weighted by molar-refractivity contribution is -0.139. The lowest BCUT2D eigenvalue weighted by atomic mass is 9.89. The Morgan fingerprint density at radius 2 is 2.11 bits per heavy atom. The Morgan fingerprint density at radius 1 is 1.44 bits per heavy atom. The summed E-state index contributed by atoms with van der Waals surface area (Å²) in [5, 5.41) is 14.2. The van der Waals surface area contributed by atoms with Crippen molar-refractivity contribution in [3.05, 3.63) is 0 Å². The van der Waals surface area contributed by atoms with Gasteiger partial charge in [0.25, 0.3) is 0 Å². The van der Waals surface area contributed by atoms with Gasteiger partial charge in [0, 0.05) is 13.2 Å². The predicted octanol–water partition coefficient (Wildman–Crippen LogP) is 1.11. The maximum absolute atomic E-state index is 11.6. The molecular weight excluding hydrogens is 236 g/mol. The predicted molar refractivity (Wildman–Crippen MR) is 66.4 cm³/mol. The number of carbonyl (C=O) groups is 2. The van der Waals surface area contributed by atoms with Gasteiger partial charge in [-0.25, -0.2) is 9.59 Å². The Balaban J connectivity index is 2.26. The third kappa shape index (κ3) is 4.52. The number of hydrogen-bond donors (Lipinski definition) is 3. The molecule has 0 bridgehead atoms. The minimum Gasteiger partial charge on any atom is -0.480 e. The lowest BCUT2D eigenvalue weighted by Gasteiger charge is -2.34. The molecule has 2 amide bonds. The summed E-state index contributed by atoms with van der Waals surface area (Å²) in [7, 11) is 1.65. The molecule has 1 aliphatic rings. The van der Waals surface area contributed by atoms with Crippen molar-refractivity contribution >= 4 is 12.0 Å². The fraction of sp³-hybridized carbons (Fsp3) is 0.833. The molecule has 104 valence electrons. The average molecular weight is 258 g/mol. The van der Waals surface area contributed by atoms with Gasteiger partial charge < -0.3 is 20.5 Å². The molecule has 0 aromatic carbocycles. The van der Waals surface area contributed by atoms with Gasteiger partial charge in [-0.05, 0) is 19.3 Å². The Hall–Kier alpha value is -1.30. The number of carboxylic acid groups (broad SMARTS) is 1. The second-order valence-corrected chi connectivity index (χ2v) is 4.68. The molecule has 0 radical (unpaired) electrons. The van der Waals surface area contributed by atoms with Gasteiger partial charge in [0.15, 0.2) is 0 Å². The van der Waals surface area contributed by atoms with Crippen LogP contribution in [0.3, 0.4) is 0 Å². The monoisotopic (exact) mass is 258 g/mol. The number of nitrogens with one attached hydrogen (secondary N) is 2. The molecule has 0 aromatic rings. The number of urea groups is 1. The van der Waals surface area contributed by atoms with Crippen molar-refractivity contribution in [2.45, 2.75) is 57.2 Å². The second kappa shape index (κ2) is 7.20. The standard InChI is InChI=1S/C12H22N2O4/c1-3-4-5-10(11(15)16)14-12(17)13-8-6-9(7-8)18-2/h8-10H,3-7H2,1-2H3,(H,15,16)(H2,13,14,17). The number of ether oxygens (including phenoxy) is 1. The molecule has 1 aliphatic carbocycles. The topological polar surface area (TPSA) is 87.7 Å². The van der Waals surface area contributed by atoms with Gasteiger partial charge in [-0.15, -0.1) is 0 Å². The molecule has 6 heteroatoms. The van der Waals surface area contributed by atoms with Crippen molar-refractivity contribution in [3.63, 3.8) is 0 Å². The Labute approximate surface area is 107 Å². The van der Waals surface area contributed by atoms with E-state index in [1.54, 1.807) is 7.11 Å². The zero-order valence-corrected chi connectivity index (χ0v) is 10.9. The van der Waals surface area contributed by atoms with Crippen LogP contribution < -0.4 is 10.6 Å². The number of unbranched alkanes of at least 4 members (excludes halogenated alkanes) is 1. The fourth-order valence-electron chi connectivity index (χ4n) is 1.93. The van der Waals surface area contributed by atoms with E-state index in [1.807, 2.05) is 6.92 Å². The summed E-state index contributed by atoms with van der Waals surface area (Å²) in [5.74, 6) is -0.984. The molecule has 1 atom stereocenters. The SMILES string of the molecule is CCCCC(NC(=O)NC1CC(OC)C1)C(=O)O. The number of methoxy groups -OCH3 is 1. The molecule has 0 saturated heterocycles. The Bertz CT molecular complexity index is 290. The second-order valence-electron chi connectivity index (χ2n) is 4.68. The summed E-state index contributed by atoms with van der Waals surface area (Å²) < 4.78 is 5.10. The summed E-state index contributed by atoms with van der Waals surface area (Å²) in [4.78, 5) is 22.5. The van der Waals surface area contributed by atoms with Crippen LogP contribution in [0.25, 0.3) is 0 Å². The van der Waals surface area contributed by atoms with Crippen LogP contribution >= 0.6 is 0 Å². The van der Waals surface area contributed by atoms with Gasteiger partial charge in [0.1, 0.15) is 6.04 Å². The van der Waals surface area contributed by atoms with Gasteiger partial charge in [-0.3, -0.25) is 0 Å². The van der Waals surface area contributed by atoms with E-state index >= 15 is 0 Å². The highest BCUT2D eigenvalue weighted by Gasteiger charge is 2.30. The quantitative estimate of drug-likeness (QED) is 0.638. The van der Waals surface area contributed by atoms with Gasteiger partial charge >= 0.3 is 12.0 Å². The van der Waals surface area contributed by atoms with Crippen molar-refractivity contribution < 1.29 is 19.4 Å². The summed E-state index contributed by atoms with van der Waals surface area (Å²) in [6.45, 7) is 1.98. The molecule has 1 unspecified atom stereocenters. The summed E-state index contributed by atoms with van der Waals surface area (Å²) in [6, 6.07) is -1.11. The van der Waals surface area contributed by atoms with Crippen LogP contribution in [-0.2, 0) is 9.53 Å². The van der Waals surface area contributed by atoms with Crippen LogP contribution in [0.2, 0.25) is 0 Å². The first-order chi connectivity index (χ1) is 8.56. The maximum atomic E-state index is 11.6. The zero-order chi connectivity index (χ0) is 13.5. The van der Waals surface area contributed by atoms with Crippen molar-refractivity contribution in [3.8, 4) is 0 Å². The first-order valence-electron chi connectivity index (χ1n) is 6.39. The van der Waals surface area contributed by atoms with Crippen LogP contribution in [0.1, 0.15) is 39.0 Å². The fourth-order valence-corrected chi connectivity index (χ4v) is 1.93. The highest BCUT2D eigenvalue weighted by atomic mass is 16.5. The molecule has 0 aromatic heterocycles. The van der Waals surface area contributed by atoms with Crippen LogP contribution in [0.4, 0.5) is 4.79 Å². The summed E-state index contributed by atoms with van der Waals surface area (Å²) >= 11 is 0. The van der Waals surface area contributed by atoms with E-state index in [4.69, 9.17) is 9.84 Å². The maximum Gasteiger partial charge on any atom is 0.326 e. The molecule has 0 spiro atoms. The number of hydrogen-bond acceptors (Lipinski definition) is 3. The molecule has 3 N–H and O–H groups in total. The van der Waals surface area contributed by atoms with Gasteiger partial charge in [-0.1, -0.05) is 19.8 Å². The Morgan fingerprint density at radius 3 is 2.61 bits per heavy atom. The number of amides is 2. The van der Waals surface area contributed by atoms with Gasteiger partial charge in [0.2, 0.25) is 0 Å². The first-order valence-corrected chi connectivity index (χ1v) is 6.39. The normalized spacial score (nSPS) is 23.9. The van der Waals surface area contributed by atoms with Crippen LogP contribution in [-0.4, -0.2) is 42.4 Å². The van der Waals surface area contributed by atoms with Crippen molar-refractivity contribution in [2.75, 3.05) is 7.11 Å². The van der Waals surface area contributed by atoms with Gasteiger partial charge in [0.05, 0.1) is 6.10 Å². The van der Waals surface area contributed by atoms with Crippen molar-refractivity contribution in [1.82, 2.24) is 10.6 Å². The lowest BCUT2D eigenvalue weighted by Crippen LogP contribution is -2.53. The third-order valence-corrected chi connectivity index (χ3v) is 3.21. The number of carbonyl (C=O) groups excluding carboxylic acids is 1. The number of rotatable bonds is 7. The molecule has 6 nitrogen and oxygen atoms in total. The highest BCUT2D eigenvalue weighted by Crippen LogP contribution is 2.22. The third-order valence-electron chi connectivity index (χ3n) is 3.21. The largest absolute Gasteiger partial charge is 0.480 e. The van der Waals surface area contributed by atoms with Crippen molar-refractivity contribution in [2.24, 2.45) is 0 Å². The summed E-state index contributed by atoms with van der Waals surface area (Å²) in [5.41, 5.74) is 0. The van der Waals surface area contributed by atoms with E-state index in [0.717, 1.165) is 25.7 Å². The van der Waals surface area contributed by atoms with Gasteiger partial charge in [-0.2, -0.15) is 0 Å². The smallest absolute Gasteiger partial charge is 0.326 e. The van der Waals surface area contributed by atoms with E-state index in [1.165, 1.54) is 0 Å². The zero-order valence-electron chi connectivity index (χ0n) is 10.9. The molecule has 18 heavy (non-hydrogen) atoms. The first kappa shape index (κ1) is 14.8. The minimum atomic E-state index is -0.984. The van der Waals surface area contributed by atoms with Crippen LogP contribution in [0.15, 0.2) is 0 Å². The summed E-state index contributed by atoms with van der Waals surface area (Å²) in [6.07, 6.45) is 3.95. The molecular formula is C12H22N2O4. The molecule has 1 rings (SSSR count). The highest BCUT2D eigenvalue weighted by molar-refractivity contribution is 5.82. The van der Waals surface area contributed by atoms with E-state index in [-0.39, 0.29) is 12.1 Å². The van der Waals surface area contributed by atoms with E-state index < -0.39 is 18.0 Å². The van der Waals surface area contributed by atoms with E-state index in [0.29, 0.717) is 6.42 Å². The Kier molecular flexibility index (Phi) is 5.91. The molecule has 0 aliphatic heterocycles. The number of carboxylic acids is 1. The molecule has 1 fully saturated rings. The van der Waals surface area contributed by atoms with E-state index in [2.05, 4.69) is 10.6 Å². The van der Waals surface area contributed by atoms with Crippen molar-refractivity contribution in [1.29, 1.82) is 0 Å². The van der Waals surface area contributed by atoms with Crippen LogP contribution in [0, 0.1) is 0 Å². The molecule has 0 heterocycles.